The zero-order valence-electron chi connectivity index (χ0n) is 13.9. The van der Waals surface area contributed by atoms with Crippen molar-refractivity contribution in [2.75, 3.05) is 7.11 Å². The SMILES string of the molecule is COc1cccc(-c2nc3c4cccnc4c4ncccc4c3[nH]2)c1O. The standard InChI is InChI=1S/C20H14N4O2/c1-26-14-8-2-5-13(19(14)25)20-23-17-11-6-3-9-21-15(11)16-12(18(17)24-20)7-4-10-22-16/h2-10,25H,1H3,(H,23,24). The van der Waals surface area contributed by atoms with Gasteiger partial charge in [0.2, 0.25) is 0 Å². The monoisotopic (exact) mass is 342 g/mol. The van der Waals surface area contributed by atoms with Crippen LogP contribution in [0.1, 0.15) is 0 Å². The molecule has 0 unspecified atom stereocenters. The van der Waals surface area contributed by atoms with Crippen molar-refractivity contribution in [2.45, 2.75) is 0 Å². The summed E-state index contributed by atoms with van der Waals surface area (Å²) in [4.78, 5) is 17.1. The zero-order chi connectivity index (χ0) is 17.7. The van der Waals surface area contributed by atoms with Crippen LogP contribution in [0.15, 0.2) is 54.9 Å². The number of hydrogen-bond acceptors (Lipinski definition) is 5. The molecule has 6 nitrogen and oxygen atoms in total. The van der Waals surface area contributed by atoms with Crippen LogP contribution >= 0.6 is 0 Å². The molecule has 3 heterocycles. The molecule has 0 bridgehead atoms. The minimum absolute atomic E-state index is 0.0546. The molecule has 3 aromatic heterocycles. The predicted octanol–water partition coefficient (Wildman–Crippen LogP) is 4.04. The highest BCUT2D eigenvalue weighted by atomic mass is 16.5. The van der Waals surface area contributed by atoms with Crippen LogP contribution in [0.2, 0.25) is 0 Å². The summed E-state index contributed by atoms with van der Waals surface area (Å²) in [6.45, 7) is 0. The van der Waals surface area contributed by atoms with E-state index in [1.807, 2.05) is 30.3 Å². The highest BCUT2D eigenvalue weighted by molar-refractivity contribution is 6.21. The Morgan fingerprint density at radius 2 is 1.62 bits per heavy atom. The van der Waals surface area contributed by atoms with Crippen molar-refractivity contribution < 1.29 is 9.84 Å². The molecule has 5 aromatic rings. The third-order valence-corrected chi connectivity index (χ3v) is 4.54. The number of nitrogens with zero attached hydrogens (tertiary/aromatic N) is 3. The van der Waals surface area contributed by atoms with Gasteiger partial charge < -0.3 is 14.8 Å². The topological polar surface area (TPSA) is 83.9 Å². The Kier molecular flexibility index (Phi) is 3.05. The highest BCUT2D eigenvalue weighted by Crippen LogP contribution is 2.38. The highest BCUT2D eigenvalue weighted by Gasteiger charge is 2.17. The van der Waals surface area contributed by atoms with Crippen LogP contribution in [-0.4, -0.2) is 32.2 Å². The van der Waals surface area contributed by atoms with Crippen LogP contribution in [0, 0.1) is 0 Å². The average molecular weight is 342 g/mol. The van der Waals surface area contributed by atoms with Gasteiger partial charge in [-0.25, -0.2) is 4.98 Å². The molecule has 0 aliphatic carbocycles. The first-order valence-corrected chi connectivity index (χ1v) is 8.15. The van der Waals surface area contributed by atoms with Crippen molar-refractivity contribution in [3.63, 3.8) is 0 Å². The van der Waals surface area contributed by atoms with Crippen molar-refractivity contribution in [1.29, 1.82) is 0 Å². The maximum absolute atomic E-state index is 10.5. The summed E-state index contributed by atoms with van der Waals surface area (Å²) < 4.78 is 5.21. The number of ether oxygens (including phenoxy) is 1. The van der Waals surface area contributed by atoms with Crippen LogP contribution in [0.3, 0.4) is 0 Å². The predicted molar refractivity (Wildman–Crippen MR) is 100 cm³/mol. The number of nitrogens with one attached hydrogen (secondary N) is 1. The van der Waals surface area contributed by atoms with Gasteiger partial charge in [-0.05, 0) is 36.4 Å². The van der Waals surface area contributed by atoms with E-state index in [1.165, 1.54) is 7.11 Å². The van der Waals surface area contributed by atoms with E-state index < -0.39 is 0 Å². The number of methoxy groups -OCH3 is 1. The van der Waals surface area contributed by atoms with E-state index in [9.17, 15) is 5.11 Å². The number of phenolic OH excluding ortho intramolecular Hbond substituents is 1. The number of aromatic amines is 1. The molecule has 5 rings (SSSR count). The lowest BCUT2D eigenvalue weighted by Crippen LogP contribution is -1.87. The molecular formula is C20H14N4O2. The van der Waals surface area contributed by atoms with E-state index in [0.717, 1.165) is 32.8 Å². The first-order chi connectivity index (χ1) is 12.8. The lowest BCUT2D eigenvalue weighted by Gasteiger charge is -2.06. The summed E-state index contributed by atoms with van der Waals surface area (Å²) in [5.74, 6) is 1.03. The minimum atomic E-state index is 0.0546. The molecule has 0 spiro atoms. The Balaban J connectivity index is 1.92. The molecular weight excluding hydrogens is 328 g/mol. The second-order valence-electron chi connectivity index (χ2n) is 5.96. The van der Waals surface area contributed by atoms with Gasteiger partial charge in [-0.3, -0.25) is 9.97 Å². The molecule has 0 saturated heterocycles. The number of H-pyrrole nitrogens is 1. The number of aromatic hydroxyl groups is 1. The Hall–Kier alpha value is -3.67. The summed E-state index contributed by atoms with van der Waals surface area (Å²) in [5, 5.41) is 12.3. The van der Waals surface area contributed by atoms with Gasteiger partial charge in [0.1, 0.15) is 5.82 Å². The number of rotatable bonds is 2. The minimum Gasteiger partial charge on any atom is -0.504 e. The number of para-hydroxylation sites is 1. The maximum Gasteiger partial charge on any atom is 0.168 e. The number of imidazole rings is 1. The van der Waals surface area contributed by atoms with E-state index in [4.69, 9.17) is 9.72 Å². The van der Waals surface area contributed by atoms with E-state index in [0.29, 0.717) is 17.1 Å². The fourth-order valence-corrected chi connectivity index (χ4v) is 3.35. The van der Waals surface area contributed by atoms with E-state index in [2.05, 4.69) is 15.0 Å². The van der Waals surface area contributed by atoms with Crippen molar-refractivity contribution in [3.8, 4) is 22.9 Å². The Morgan fingerprint density at radius 3 is 2.38 bits per heavy atom. The lowest BCUT2D eigenvalue weighted by molar-refractivity contribution is 0.374. The molecule has 0 saturated carbocycles. The van der Waals surface area contributed by atoms with Crippen molar-refractivity contribution >= 4 is 32.8 Å². The Bertz CT molecular complexity index is 1220. The number of hydrogen-bond donors (Lipinski definition) is 2. The summed E-state index contributed by atoms with van der Waals surface area (Å²) in [7, 11) is 1.52. The van der Waals surface area contributed by atoms with Crippen LogP contribution in [0.25, 0.3) is 44.2 Å². The molecule has 0 aliphatic rings. The fourth-order valence-electron chi connectivity index (χ4n) is 3.35. The van der Waals surface area contributed by atoms with Gasteiger partial charge >= 0.3 is 0 Å². The number of fused-ring (bicyclic) bond motifs is 6. The molecule has 2 N–H and O–H groups in total. The number of aromatic nitrogens is 4. The van der Waals surface area contributed by atoms with Crippen molar-refractivity contribution in [1.82, 2.24) is 19.9 Å². The molecule has 0 aliphatic heterocycles. The van der Waals surface area contributed by atoms with Gasteiger partial charge in [0.25, 0.3) is 0 Å². The average Bonchev–Trinajstić information content (AvgIpc) is 3.14. The third-order valence-electron chi connectivity index (χ3n) is 4.54. The van der Waals surface area contributed by atoms with Crippen LogP contribution in [0.4, 0.5) is 0 Å². The first kappa shape index (κ1) is 14.7. The molecule has 26 heavy (non-hydrogen) atoms. The van der Waals surface area contributed by atoms with Gasteiger partial charge in [-0.2, -0.15) is 0 Å². The quantitative estimate of drug-likeness (QED) is 0.473. The van der Waals surface area contributed by atoms with E-state index >= 15 is 0 Å². The smallest absolute Gasteiger partial charge is 0.168 e. The van der Waals surface area contributed by atoms with Gasteiger partial charge in [-0.1, -0.05) is 6.07 Å². The Labute approximate surface area is 148 Å². The summed E-state index contributed by atoms with van der Waals surface area (Å²) in [6, 6.07) is 13.1. The molecule has 126 valence electrons. The molecule has 2 aromatic carbocycles. The van der Waals surface area contributed by atoms with Crippen molar-refractivity contribution in [3.05, 3.63) is 54.9 Å². The molecule has 0 atom stereocenters. The third kappa shape index (κ3) is 1.96. The van der Waals surface area contributed by atoms with Gasteiger partial charge in [-0.15, -0.1) is 0 Å². The largest absolute Gasteiger partial charge is 0.504 e. The van der Waals surface area contributed by atoms with Gasteiger partial charge in [0.05, 0.1) is 34.7 Å². The Morgan fingerprint density at radius 1 is 0.885 bits per heavy atom. The van der Waals surface area contributed by atoms with E-state index in [-0.39, 0.29) is 5.75 Å². The van der Waals surface area contributed by atoms with Crippen LogP contribution < -0.4 is 4.74 Å². The summed E-state index contributed by atoms with van der Waals surface area (Å²) >= 11 is 0. The molecule has 0 fully saturated rings. The number of pyridine rings is 2. The fraction of sp³-hybridized carbons (Fsp3) is 0.0500. The normalized spacial score (nSPS) is 11.4. The van der Waals surface area contributed by atoms with Crippen LogP contribution in [0.5, 0.6) is 11.5 Å². The first-order valence-electron chi connectivity index (χ1n) is 8.15. The lowest BCUT2D eigenvalue weighted by atomic mass is 10.1. The summed E-state index contributed by atoms with van der Waals surface area (Å²) in [5.41, 5.74) is 3.87. The zero-order valence-corrected chi connectivity index (χ0v) is 13.9. The molecule has 0 radical (unpaired) electrons. The van der Waals surface area contributed by atoms with Gasteiger partial charge in [0, 0.05) is 23.2 Å². The van der Waals surface area contributed by atoms with Crippen molar-refractivity contribution in [2.24, 2.45) is 0 Å². The number of benzene rings is 2. The second kappa shape index (κ2) is 5.42. The van der Waals surface area contributed by atoms with Gasteiger partial charge in [0.15, 0.2) is 11.5 Å². The molecule has 0 amide bonds. The molecule has 6 heteroatoms. The van der Waals surface area contributed by atoms with Crippen LogP contribution in [-0.2, 0) is 0 Å². The maximum atomic E-state index is 10.5. The summed E-state index contributed by atoms with van der Waals surface area (Å²) in [6.07, 6.45) is 3.51. The number of phenols is 1. The van der Waals surface area contributed by atoms with E-state index in [1.54, 1.807) is 24.5 Å². The second-order valence-corrected chi connectivity index (χ2v) is 5.96.